The Morgan fingerprint density at radius 2 is 1.95 bits per heavy atom. The van der Waals surface area contributed by atoms with Crippen molar-refractivity contribution in [3.8, 4) is 0 Å². The zero-order valence-corrected chi connectivity index (χ0v) is 11.0. The molecule has 0 heterocycles. The molecule has 1 aromatic rings. The number of nitrogens with two attached hydrogens (primary N) is 1. The molecule has 0 aliphatic carbocycles. The largest absolute Gasteiger partial charge is 0.461 e. The van der Waals surface area contributed by atoms with Gasteiger partial charge in [-0.2, -0.15) is 13.2 Å². The first-order chi connectivity index (χ1) is 9.78. The van der Waals surface area contributed by atoms with Crippen LogP contribution in [-0.2, 0) is 20.9 Å². The van der Waals surface area contributed by atoms with Gasteiger partial charge in [-0.15, -0.1) is 0 Å². The number of rotatable bonds is 7. The molecule has 1 aromatic carbocycles. The van der Waals surface area contributed by atoms with E-state index in [4.69, 9.17) is 10.5 Å². The minimum atomic E-state index is -4.42. The summed E-state index contributed by atoms with van der Waals surface area (Å²) in [6.07, 6.45) is -4.70. The van der Waals surface area contributed by atoms with Gasteiger partial charge in [-0.3, -0.25) is 9.59 Å². The second-order valence-corrected chi connectivity index (χ2v) is 4.14. The first kappa shape index (κ1) is 17.0. The van der Waals surface area contributed by atoms with Crippen molar-refractivity contribution >= 4 is 11.9 Å². The smallest absolute Gasteiger partial charge is 0.411 e. The Kier molecular flexibility index (Phi) is 6.16. The van der Waals surface area contributed by atoms with E-state index in [9.17, 15) is 22.8 Å². The van der Waals surface area contributed by atoms with Gasteiger partial charge in [0.05, 0.1) is 13.0 Å². The summed E-state index contributed by atoms with van der Waals surface area (Å²) in [5.74, 6) is -1.30. The Morgan fingerprint density at radius 3 is 2.57 bits per heavy atom. The Bertz CT molecular complexity index is 502. The van der Waals surface area contributed by atoms with Crippen molar-refractivity contribution in [1.29, 1.82) is 0 Å². The number of halogens is 3. The van der Waals surface area contributed by atoms with E-state index < -0.39 is 24.7 Å². The fourth-order valence-corrected chi connectivity index (χ4v) is 1.39. The summed E-state index contributed by atoms with van der Waals surface area (Å²) in [6.45, 7) is -1.88. The Hall–Kier alpha value is -2.09. The lowest BCUT2D eigenvalue weighted by molar-refractivity contribution is -0.176. The number of hydrogen-bond donors (Lipinski definition) is 1. The molecule has 1 amide bonds. The van der Waals surface area contributed by atoms with Crippen LogP contribution in [0.1, 0.15) is 22.3 Å². The van der Waals surface area contributed by atoms with Crippen molar-refractivity contribution in [3.63, 3.8) is 0 Å². The highest BCUT2D eigenvalue weighted by Gasteiger charge is 2.27. The summed E-state index contributed by atoms with van der Waals surface area (Å²) in [6, 6.07) is 6.18. The zero-order valence-electron chi connectivity index (χ0n) is 11.0. The molecule has 0 spiro atoms. The molecular weight excluding hydrogens is 291 g/mol. The molecule has 0 saturated heterocycles. The van der Waals surface area contributed by atoms with Gasteiger partial charge in [-0.1, -0.05) is 12.1 Å². The first-order valence-electron chi connectivity index (χ1n) is 5.97. The summed E-state index contributed by atoms with van der Waals surface area (Å²) in [4.78, 5) is 22.2. The number of alkyl halides is 3. The third-order valence-corrected chi connectivity index (χ3v) is 2.33. The molecule has 0 aromatic heterocycles. The molecule has 0 atom stereocenters. The SMILES string of the molecule is NC(=O)c1cccc(COC(=O)CCOCC(F)(F)F)c1. The number of esters is 1. The second kappa shape index (κ2) is 7.63. The predicted octanol–water partition coefficient (Wildman–Crippen LogP) is 1.80. The van der Waals surface area contributed by atoms with Crippen LogP contribution in [-0.4, -0.2) is 31.3 Å². The normalized spacial score (nSPS) is 11.2. The molecule has 0 fully saturated rings. The van der Waals surface area contributed by atoms with Crippen molar-refractivity contribution in [3.05, 3.63) is 35.4 Å². The lowest BCUT2D eigenvalue weighted by Crippen LogP contribution is -2.18. The third kappa shape index (κ3) is 7.31. The molecule has 2 N–H and O–H groups in total. The quantitative estimate of drug-likeness (QED) is 0.615. The topological polar surface area (TPSA) is 78.6 Å². The van der Waals surface area contributed by atoms with Crippen LogP contribution in [0.3, 0.4) is 0 Å². The maximum atomic E-state index is 11.8. The molecule has 0 unspecified atom stereocenters. The first-order valence-corrected chi connectivity index (χ1v) is 5.97. The van der Waals surface area contributed by atoms with Gasteiger partial charge in [-0.25, -0.2) is 0 Å². The number of carbonyl (C=O) groups excluding carboxylic acids is 2. The van der Waals surface area contributed by atoms with Crippen molar-refractivity contribution in [2.24, 2.45) is 5.73 Å². The van der Waals surface area contributed by atoms with Crippen LogP contribution in [0, 0.1) is 0 Å². The van der Waals surface area contributed by atoms with E-state index in [1.54, 1.807) is 12.1 Å². The van der Waals surface area contributed by atoms with Gasteiger partial charge >= 0.3 is 12.1 Å². The van der Waals surface area contributed by atoms with E-state index in [-0.39, 0.29) is 25.2 Å². The van der Waals surface area contributed by atoms with Crippen LogP contribution in [0.4, 0.5) is 13.2 Å². The Labute approximate surface area is 118 Å². The maximum absolute atomic E-state index is 11.8. The lowest BCUT2D eigenvalue weighted by atomic mass is 10.1. The summed E-state index contributed by atoms with van der Waals surface area (Å²) in [7, 11) is 0. The zero-order chi connectivity index (χ0) is 15.9. The highest BCUT2D eigenvalue weighted by molar-refractivity contribution is 5.92. The third-order valence-electron chi connectivity index (χ3n) is 2.33. The minimum absolute atomic E-state index is 0.0980. The van der Waals surface area contributed by atoms with Crippen molar-refractivity contribution in [1.82, 2.24) is 0 Å². The standard InChI is InChI=1S/C13H14F3NO4/c14-13(15,16)8-20-5-4-11(18)21-7-9-2-1-3-10(6-9)12(17)19/h1-3,6H,4-5,7-8H2,(H2,17,19). The van der Waals surface area contributed by atoms with E-state index >= 15 is 0 Å². The highest BCUT2D eigenvalue weighted by Crippen LogP contribution is 2.14. The number of hydrogen-bond acceptors (Lipinski definition) is 4. The van der Waals surface area contributed by atoms with Crippen molar-refractivity contribution in [2.45, 2.75) is 19.2 Å². The van der Waals surface area contributed by atoms with Gasteiger partial charge in [0.2, 0.25) is 5.91 Å². The van der Waals surface area contributed by atoms with Crippen LogP contribution in [0.25, 0.3) is 0 Å². The second-order valence-electron chi connectivity index (χ2n) is 4.14. The van der Waals surface area contributed by atoms with Gasteiger partial charge in [-0.05, 0) is 17.7 Å². The molecule has 0 aliphatic rings. The summed E-state index contributed by atoms with van der Waals surface area (Å²) in [5.41, 5.74) is 5.93. The average Bonchev–Trinajstić information content (AvgIpc) is 2.40. The summed E-state index contributed by atoms with van der Waals surface area (Å²) in [5, 5.41) is 0. The van der Waals surface area contributed by atoms with Gasteiger partial charge in [0.1, 0.15) is 13.2 Å². The Balaban J connectivity index is 2.30. The highest BCUT2D eigenvalue weighted by atomic mass is 19.4. The number of benzene rings is 1. The monoisotopic (exact) mass is 305 g/mol. The molecule has 1 rings (SSSR count). The Morgan fingerprint density at radius 1 is 1.24 bits per heavy atom. The van der Waals surface area contributed by atoms with Gasteiger partial charge in [0.15, 0.2) is 0 Å². The number of ether oxygens (including phenoxy) is 2. The molecular formula is C13H14F3NO4. The van der Waals surface area contributed by atoms with E-state index in [2.05, 4.69) is 4.74 Å². The molecule has 8 heteroatoms. The molecule has 0 aliphatic heterocycles. The van der Waals surface area contributed by atoms with Crippen molar-refractivity contribution < 1.29 is 32.2 Å². The van der Waals surface area contributed by atoms with Crippen LogP contribution in [0.15, 0.2) is 24.3 Å². The van der Waals surface area contributed by atoms with Crippen molar-refractivity contribution in [2.75, 3.05) is 13.2 Å². The molecule has 116 valence electrons. The number of primary amides is 1. The minimum Gasteiger partial charge on any atom is -0.461 e. The number of amides is 1. The molecule has 0 radical (unpaired) electrons. The summed E-state index contributed by atoms with van der Waals surface area (Å²) >= 11 is 0. The lowest BCUT2D eigenvalue weighted by Gasteiger charge is -2.08. The van der Waals surface area contributed by atoms with Crippen LogP contribution in [0.2, 0.25) is 0 Å². The number of carbonyl (C=O) groups is 2. The predicted molar refractivity (Wildman–Crippen MR) is 66.2 cm³/mol. The molecule has 0 saturated carbocycles. The molecule has 21 heavy (non-hydrogen) atoms. The maximum Gasteiger partial charge on any atom is 0.411 e. The molecule has 5 nitrogen and oxygen atoms in total. The van der Waals surface area contributed by atoms with Gasteiger partial charge in [0, 0.05) is 5.56 Å². The van der Waals surface area contributed by atoms with E-state index in [0.717, 1.165) is 0 Å². The van der Waals surface area contributed by atoms with Crippen LogP contribution < -0.4 is 5.73 Å². The van der Waals surface area contributed by atoms with Gasteiger partial charge in [0.25, 0.3) is 0 Å². The average molecular weight is 305 g/mol. The van der Waals surface area contributed by atoms with Gasteiger partial charge < -0.3 is 15.2 Å². The van der Waals surface area contributed by atoms with Crippen LogP contribution >= 0.6 is 0 Å². The van der Waals surface area contributed by atoms with E-state index in [1.165, 1.54) is 12.1 Å². The summed E-state index contributed by atoms with van der Waals surface area (Å²) < 4.78 is 44.4. The fraction of sp³-hybridized carbons (Fsp3) is 0.385. The van der Waals surface area contributed by atoms with E-state index in [1.807, 2.05) is 0 Å². The van der Waals surface area contributed by atoms with E-state index in [0.29, 0.717) is 5.56 Å². The fourth-order valence-electron chi connectivity index (χ4n) is 1.39. The molecule has 0 bridgehead atoms. The van der Waals surface area contributed by atoms with Crippen LogP contribution in [0.5, 0.6) is 0 Å².